The highest BCUT2D eigenvalue weighted by Crippen LogP contribution is 2.21. The molecule has 1 aliphatic heterocycles. The summed E-state index contributed by atoms with van der Waals surface area (Å²) < 4.78 is 0. The van der Waals surface area contributed by atoms with E-state index < -0.39 is 0 Å². The van der Waals surface area contributed by atoms with Crippen LogP contribution in [0.5, 0.6) is 0 Å². The van der Waals surface area contributed by atoms with E-state index in [1.807, 2.05) is 0 Å². The minimum absolute atomic E-state index is 0.367. The zero-order valence-corrected chi connectivity index (χ0v) is 11.2. The minimum atomic E-state index is 0.367. The van der Waals surface area contributed by atoms with Crippen molar-refractivity contribution >= 4 is 0 Å². The van der Waals surface area contributed by atoms with Gasteiger partial charge >= 0.3 is 0 Å². The molecule has 93 valence electrons. The monoisotopic (exact) mass is 223 g/mol. The number of piperazine rings is 1. The summed E-state index contributed by atoms with van der Waals surface area (Å²) in [5, 5.41) is 0. The minimum Gasteiger partial charge on any atom is -0.300 e. The molecule has 16 heavy (non-hydrogen) atoms. The van der Waals surface area contributed by atoms with E-state index in [2.05, 4.69) is 49.6 Å². The van der Waals surface area contributed by atoms with Crippen LogP contribution in [0.1, 0.15) is 27.2 Å². The van der Waals surface area contributed by atoms with Crippen molar-refractivity contribution < 1.29 is 0 Å². The van der Waals surface area contributed by atoms with Crippen LogP contribution >= 0.6 is 0 Å². The van der Waals surface area contributed by atoms with Crippen LogP contribution in [0.25, 0.3) is 0 Å². The van der Waals surface area contributed by atoms with E-state index >= 15 is 0 Å². The Morgan fingerprint density at radius 2 is 1.69 bits per heavy atom. The highest BCUT2D eigenvalue weighted by molar-refractivity contribution is 4.85. The lowest BCUT2D eigenvalue weighted by atomic mass is 9.89. The van der Waals surface area contributed by atoms with Gasteiger partial charge in [-0.3, -0.25) is 4.90 Å². The van der Waals surface area contributed by atoms with Crippen LogP contribution in [-0.2, 0) is 0 Å². The molecule has 0 aliphatic carbocycles. The topological polar surface area (TPSA) is 6.48 Å². The Balaban J connectivity index is 2.26. The third kappa shape index (κ3) is 4.67. The van der Waals surface area contributed by atoms with Crippen molar-refractivity contribution in [3.05, 3.63) is 19.1 Å². The van der Waals surface area contributed by atoms with Gasteiger partial charge in [0.15, 0.2) is 0 Å². The van der Waals surface area contributed by atoms with Gasteiger partial charge in [-0.1, -0.05) is 32.9 Å². The third-order valence-corrected chi connectivity index (χ3v) is 3.39. The standard InChI is InChI=1S/C14H27N2/c1-5-7-8-15-9-11-16(12-10-15)13-14(3,4)6-2/h5,7H,2,6,8-13H2,1,3-4H3. The van der Waals surface area contributed by atoms with Crippen LogP contribution in [0.15, 0.2) is 12.2 Å². The van der Waals surface area contributed by atoms with Crippen molar-refractivity contribution in [1.82, 2.24) is 9.80 Å². The number of allylic oxidation sites excluding steroid dienone is 1. The predicted molar refractivity (Wildman–Crippen MR) is 71.4 cm³/mol. The molecule has 1 fully saturated rings. The van der Waals surface area contributed by atoms with Gasteiger partial charge in [-0.05, 0) is 18.8 Å². The van der Waals surface area contributed by atoms with Crippen LogP contribution in [0.3, 0.4) is 0 Å². The SMILES string of the molecule is [CH2]CC(C)(C)CN1CCN(CC=CC)CC1. The molecule has 0 N–H and O–H groups in total. The van der Waals surface area contributed by atoms with E-state index in [4.69, 9.17) is 0 Å². The Morgan fingerprint density at radius 1 is 1.12 bits per heavy atom. The second-order valence-corrected chi connectivity index (χ2v) is 5.56. The van der Waals surface area contributed by atoms with Crippen molar-refractivity contribution in [2.45, 2.75) is 27.2 Å². The second-order valence-electron chi connectivity index (χ2n) is 5.56. The van der Waals surface area contributed by atoms with Crippen LogP contribution in [0, 0.1) is 12.3 Å². The Morgan fingerprint density at radius 3 is 2.19 bits per heavy atom. The largest absolute Gasteiger partial charge is 0.300 e. The Bertz CT molecular complexity index is 213. The zero-order chi connectivity index (χ0) is 12.0. The maximum atomic E-state index is 4.03. The van der Waals surface area contributed by atoms with Crippen molar-refractivity contribution in [1.29, 1.82) is 0 Å². The smallest absolute Gasteiger partial charge is 0.0164 e. The first kappa shape index (κ1) is 13.7. The van der Waals surface area contributed by atoms with E-state index in [9.17, 15) is 0 Å². The normalized spacial score (nSPS) is 20.8. The molecule has 0 amide bonds. The summed E-state index contributed by atoms with van der Waals surface area (Å²) in [4.78, 5) is 5.10. The summed E-state index contributed by atoms with van der Waals surface area (Å²) in [6.45, 7) is 17.9. The zero-order valence-electron chi connectivity index (χ0n) is 11.2. The fourth-order valence-electron chi connectivity index (χ4n) is 2.07. The first-order valence-electron chi connectivity index (χ1n) is 6.42. The quantitative estimate of drug-likeness (QED) is 0.661. The van der Waals surface area contributed by atoms with Crippen LogP contribution in [0.4, 0.5) is 0 Å². The molecule has 0 aromatic carbocycles. The summed E-state index contributed by atoms with van der Waals surface area (Å²) in [5.74, 6) is 0. The van der Waals surface area contributed by atoms with Crippen LogP contribution < -0.4 is 0 Å². The molecule has 1 aliphatic rings. The molecule has 0 saturated carbocycles. The lowest BCUT2D eigenvalue weighted by Crippen LogP contribution is -2.48. The van der Waals surface area contributed by atoms with Crippen LogP contribution in [-0.4, -0.2) is 49.1 Å². The van der Waals surface area contributed by atoms with E-state index in [1.165, 1.54) is 32.7 Å². The van der Waals surface area contributed by atoms with Crippen molar-refractivity contribution in [3.8, 4) is 0 Å². The van der Waals surface area contributed by atoms with Gasteiger partial charge in [0, 0.05) is 39.3 Å². The van der Waals surface area contributed by atoms with Crippen molar-refractivity contribution in [2.24, 2.45) is 5.41 Å². The molecular weight excluding hydrogens is 196 g/mol. The molecule has 1 saturated heterocycles. The lowest BCUT2D eigenvalue weighted by Gasteiger charge is -2.38. The molecule has 0 bridgehead atoms. The highest BCUT2D eigenvalue weighted by Gasteiger charge is 2.22. The van der Waals surface area contributed by atoms with Gasteiger partial charge < -0.3 is 4.90 Å². The summed E-state index contributed by atoms with van der Waals surface area (Å²) >= 11 is 0. The molecule has 1 rings (SSSR count). The van der Waals surface area contributed by atoms with E-state index in [0.717, 1.165) is 13.0 Å². The summed E-state index contributed by atoms with van der Waals surface area (Å²) in [6, 6.07) is 0. The third-order valence-electron chi connectivity index (χ3n) is 3.39. The van der Waals surface area contributed by atoms with E-state index in [0.29, 0.717) is 5.41 Å². The van der Waals surface area contributed by atoms with Gasteiger partial charge in [0.05, 0.1) is 0 Å². The van der Waals surface area contributed by atoms with Crippen molar-refractivity contribution in [2.75, 3.05) is 39.3 Å². The van der Waals surface area contributed by atoms with E-state index in [-0.39, 0.29) is 0 Å². The molecule has 1 radical (unpaired) electrons. The van der Waals surface area contributed by atoms with Crippen LogP contribution in [0.2, 0.25) is 0 Å². The average molecular weight is 223 g/mol. The molecule has 0 unspecified atom stereocenters. The Kier molecular flexibility index (Phi) is 5.50. The molecule has 1 heterocycles. The Hall–Kier alpha value is -0.340. The van der Waals surface area contributed by atoms with Gasteiger partial charge in [0.25, 0.3) is 0 Å². The molecule has 0 spiro atoms. The summed E-state index contributed by atoms with van der Waals surface area (Å²) in [6.07, 6.45) is 5.40. The molecule has 0 aromatic rings. The number of rotatable bonds is 5. The molecule has 2 heteroatoms. The number of nitrogens with zero attached hydrogens (tertiary/aromatic N) is 2. The summed E-state index contributed by atoms with van der Waals surface area (Å²) in [7, 11) is 0. The number of hydrogen-bond donors (Lipinski definition) is 0. The fraction of sp³-hybridized carbons (Fsp3) is 0.786. The average Bonchev–Trinajstić information content (AvgIpc) is 2.28. The first-order chi connectivity index (χ1) is 7.57. The molecule has 2 nitrogen and oxygen atoms in total. The lowest BCUT2D eigenvalue weighted by molar-refractivity contribution is 0.104. The summed E-state index contributed by atoms with van der Waals surface area (Å²) in [5.41, 5.74) is 0.367. The maximum Gasteiger partial charge on any atom is 0.0164 e. The highest BCUT2D eigenvalue weighted by atomic mass is 15.3. The molecule has 0 aromatic heterocycles. The van der Waals surface area contributed by atoms with E-state index in [1.54, 1.807) is 0 Å². The second kappa shape index (κ2) is 6.41. The maximum absolute atomic E-state index is 4.03. The van der Waals surface area contributed by atoms with Gasteiger partial charge in [-0.2, -0.15) is 0 Å². The number of hydrogen-bond acceptors (Lipinski definition) is 2. The molecule has 0 atom stereocenters. The predicted octanol–water partition coefficient (Wildman–Crippen LogP) is 2.43. The van der Waals surface area contributed by atoms with Gasteiger partial charge in [-0.25, -0.2) is 0 Å². The van der Waals surface area contributed by atoms with Crippen molar-refractivity contribution in [3.63, 3.8) is 0 Å². The van der Waals surface area contributed by atoms with Gasteiger partial charge in [0.2, 0.25) is 0 Å². The van der Waals surface area contributed by atoms with Gasteiger partial charge in [-0.15, -0.1) is 0 Å². The van der Waals surface area contributed by atoms with Gasteiger partial charge in [0.1, 0.15) is 0 Å². The fourth-order valence-corrected chi connectivity index (χ4v) is 2.07. The Labute approximate surface area is 101 Å². The molecular formula is C14H27N2. The first-order valence-corrected chi connectivity index (χ1v) is 6.42.